The van der Waals surface area contributed by atoms with E-state index in [1.165, 1.54) is 17.7 Å². The molecular formula is C20H20N4O. The first-order valence-corrected chi connectivity index (χ1v) is 8.99. The Balaban J connectivity index is 1.69. The standard InChI is InChI=1S/C20H20N4O/c1-12-8-10-24(12)20-22-17-4-2-3-16(17)18(23-20)14-5-6-15-13(11-14)7-9-21-19(15)25/h5-7,9,11-12H,2-4,8,10H2,1H3,(H,21,25)/t12-/m0/s1. The Morgan fingerprint density at radius 2 is 2.12 bits per heavy atom. The molecule has 5 nitrogen and oxygen atoms in total. The maximum Gasteiger partial charge on any atom is 0.255 e. The number of nitrogens with zero attached hydrogens (tertiary/aromatic N) is 3. The summed E-state index contributed by atoms with van der Waals surface area (Å²) in [5.74, 6) is 0.861. The van der Waals surface area contributed by atoms with Gasteiger partial charge in [-0.05, 0) is 56.2 Å². The summed E-state index contributed by atoms with van der Waals surface area (Å²) in [7, 11) is 0. The van der Waals surface area contributed by atoms with Crippen LogP contribution in [0.15, 0.2) is 35.3 Å². The van der Waals surface area contributed by atoms with Crippen molar-refractivity contribution in [2.75, 3.05) is 11.4 Å². The van der Waals surface area contributed by atoms with Gasteiger partial charge in [0.1, 0.15) is 0 Å². The quantitative estimate of drug-likeness (QED) is 0.783. The predicted molar refractivity (Wildman–Crippen MR) is 99.0 cm³/mol. The van der Waals surface area contributed by atoms with Gasteiger partial charge in [0.25, 0.3) is 5.56 Å². The molecule has 0 saturated carbocycles. The van der Waals surface area contributed by atoms with E-state index in [1.54, 1.807) is 6.20 Å². The fraction of sp³-hybridized carbons (Fsp3) is 0.350. The number of nitrogens with one attached hydrogen (secondary N) is 1. The van der Waals surface area contributed by atoms with Crippen LogP contribution in [0.3, 0.4) is 0 Å². The van der Waals surface area contributed by atoms with Crippen molar-refractivity contribution >= 4 is 16.7 Å². The minimum atomic E-state index is -0.0490. The molecule has 2 aliphatic rings. The second-order valence-electron chi connectivity index (χ2n) is 7.09. The number of fused-ring (bicyclic) bond motifs is 2. The Bertz CT molecular complexity index is 1040. The fourth-order valence-electron chi connectivity index (χ4n) is 3.94. The van der Waals surface area contributed by atoms with Crippen LogP contribution in [0, 0.1) is 0 Å². The van der Waals surface area contributed by atoms with Gasteiger partial charge in [-0.1, -0.05) is 6.07 Å². The number of benzene rings is 1. The average Bonchev–Trinajstić information content (AvgIpc) is 3.08. The van der Waals surface area contributed by atoms with Crippen molar-refractivity contribution in [3.63, 3.8) is 0 Å². The summed E-state index contributed by atoms with van der Waals surface area (Å²) in [6.45, 7) is 3.26. The van der Waals surface area contributed by atoms with Crippen LogP contribution in [0.5, 0.6) is 0 Å². The van der Waals surface area contributed by atoms with Crippen molar-refractivity contribution in [2.24, 2.45) is 0 Å². The topological polar surface area (TPSA) is 61.9 Å². The SMILES string of the molecule is C[C@H]1CCN1c1nc2c(c(-c3ccc4c(=O)[nH]ccc4c3)n1)CCC2. The van der Waals surface area contributed by atoms with E-state index < -0.39 is 0 Å². The maximum atomic E-state index is 12.0. The summed E-state index contributed by atoms with van der Waals surface area (Å²) >= 11 is 0. The highest BCUT2D eigenvalue weighted by Gasteiger charge is 2.29. The van der Waals surface area contributed by atoms with E-state index >= 15 is 0 Å². The number of H-pyrrole nitrogens is 1. The lowest BCUT2D eigenvalue weighted by molar-refractivity contribution is 0.470. The van der Waals surface area contributed by atoms with E-state index in [0.717, 1.165) is 48.4 Å². The summed E-state index contributed by atoms with van der Waals surface area (Å²) < 4.78 is 0. The zero-order valence-electron chi connectivity index (χ0n) is 14.2. The second kappa shape index (κ2) is 5.41. The average molecular weight is 332 g/mol. The first-order valence-electron chi connectivity index (χ1n) is 8.99. The Morgan fingerprint density at radius 1 is 1.20 bits per heavy atom. The molecule has 2 aromatic heterocycles. The largest absolute Gasteiger partial charge is 0.338 e. The van der Waals surface area contributed by atoms with Gasteiger partial charge in [-0.3, -0.25) is 4.79 Å². The molecule has 0 unspecified atom stereocenters. The molecule has 1 fully saturated rings. The van der Waals surface area contributed by atoms with Gasteiger partial charge in [-0.2, -0.15) is 0 Å². The lowest BCUT2D eigenvalue weighted by Gasteiger charge is -2.39. The van der Waals surface area contributed by atoms with E-state index in [2.05, 4.69) is 22.9 Å². The molecule has 0 radical (unpaired) electrons. The Kier molecular flexibility index (Phi) is 3.17. The van der Waals surface area contributed by atoms with Crippen LogP contribution in [0.25, 0.3) is 22.0 Å². The van der Waals surface area contributed by atoms with Gasteiger partial charge < -0.3 is 9.88 Å². The molecule has 1 aromatic carbocycles. The lowest BCUT2D eigenvalue weighted by atomic mass is 10.0. The summed E-state index contributed by atoms with van der Waals surface area (Å²) in [6.07, 6.45) is 6.12. The van der Waals surface area contributed by atoms with Gasteiger partial charge in [0.05, 0.1) is 5.69 Å². The molecule has 0 bridgehead atoms. The van der Waals surface area contributed by atoms with Crippen LogP contribution >= 0.6 is 0 Å². The number of pyridine rings is 1. The summed E-state index contributed by atoms with van der Waals surface area (Å²) in [5, 5.41) is 1.67. The van der Waals surface area contributed by atoms with E-state index in [4.69, 9.17) is 9.97 Å². The van der Waals surface area contributed by atoms with Crippen molar-refractivity contribution in [1.82, 2.24) is 15.0 Å². The molecule has 1 atom stereocenters. The zero-order valence-corrected chi connectivity index (χ0v) is 14.2. The van der Waals surface area contributed by atoms with E-state index in [9.17, 15) is 4.79 Å². The molecule has 5 heteroatoms. The highest BCUT2D eigenvalue weighted by atomic mass is 16.1. The van der Waals surface area contributed by atoms with Crippen LogP contribution in [-0.4, -0.2) is 27.5 Å². The van der Waals surface area contributed by atoms with Gasteiger partial charge >= 0.3 is 0 Å². The maximum absolute atomic E-state index is 12.0. The van der Waals surface area contributed by atoms with Gasteiger partial charge in [0.15, 0.2) is 0 Å². The smallest absolute Gasteiger partial charge is 0.255 e. The Hall–Kier alpha value is -2.69. The van der Waals surface area contributed by atoms with Crippen LogP contribution in [0.4, 0.5) is 5.95 Å². The number of aromatic nitrogens is 3. The monoisotopic (exact) mass is 332 g/mol. The summed E-state index contributed by atoms with van der Waals surface area (Å²) in [4.78, 5) is 26.8. The van der Waals surface area contributed by atoms with Gasteiger partial charge in [-0.15, -0.1) is 0 Å². The molecule has 126 valence electrons. The number of hydrogen-bond acceptors (Lipinski definition) is 4. The summed E-state index contributed by atoms with van der Waals surface area (Å²) in [6, 6.07) is 8.46. The third kappa shape index (κ3) is 2.26. The minimum absolute atomic E-state index is 0.0490. The molecule has 5 rings (SSSR count). The van der Waals surface area contributed by atoms with Crippen molar-refractivity contribution in [3.05, 3.63) is 52.1 Å². The highest BCUT2D eigenvalue weighted by Crippen LogP contribution is 2.34. The molecule has 3 heterocycles. The number of aryl methyl sites for hydroxylation is 1. The molecule has 3 aromatic rings. The molecule has 25 heavy (non-hydrogen) atoms. The third-order valence-corrected chi connectivity index (χ3v) is 5.54. The normalized spacial score (nSPS) is 19.1. The fourth-order valence-corrected chi connectivity index (χ4v) is 3.94. The number of hydrogen-bond donors (Lipinski definition) is 1. The van der Waals surface area contributed by atoms with Crippen LogP contribution in [-0.2, 0) is 12.8 Å². The van der Waals surface area contributed by atoms with Crippen molar-refractivity contribution in [1.29, 1.82) is 0 Å². The first-order chi connectivity index (χ1) is 12.2. The molecule has 1 aliphatic carbocycles. The Morgan fingerprint density at radius 3 is 2.92 bits per heavy atom. The Labute approximate surface area is 145 Å². The van der Waals surface area contributed by atoms with Gasteiger partial charge in [0.2, 0.25) is 5.95 Å². The van der Waals surface area contributed by atoms with Crippen molar-refractivity contribution in [3.8, 4) is 11.3 Å². The summed E-state index contributed by atoms with van der Waals surface area (Å²) in [5.41, 5.74) is 4.55. The lowest BCUT2D eigenvalue weighted by Crippen LogP contribution is -2.46. The number of aromatic amines is 1. The van der Waals surface area contributed by atoms with E-state index in [0.29, 0.717) is 11.4 Å². The number of rotatable bonds is 2. The van der Waals surface area contributed by atoms with Crippen LogP contribution in [0.1, 0.15) is 31.0 Å². The molecule has 0 amide bonds. The van der Waals surface area contributed by atoms with Crippen LogP contribution < -0.4 is 10.5 Å². The third-order valence-electron chi connectivity index (χ3n) is 5.54. The first kappa shape index (κ1) is 14.6. The molecule has 1 saturated heterocycles. The van der Waals surface area contributed by atoms with E-state index in [1.807, 2.05) is 18.2 Å². The second-order valence-corrected chi connectivity index (χ2v) is 7.09. The highest BCUT2D eigenvalue weighted by molar-refractivity contribution is 5.86. The minimum Gasteiger partial charge on any atom is -0.338 e. The predicted octanol–water partition coefficient (Wildman–Crippen LogP) is 3.07. The van der Waals surface area contributed by atoms with E-state index in [-0.39, 0.29) is 5.56 Å². The number of anilines is 1. The van der Waals surface area contributed by atoms with Crippen LogP contribution in [0.2, 0.25) is 0 Å². The molecule has 0 spiro atoms. The van der Waals surface area contributed by atoms with Crippen molar-refractivity contribution < 1.29 is 0 Å². The van der Waals surface area contributed by atoms with Gasteiger partial charge in [-0.25, -0.2) is 9.97 Å². The zero-order chi connectivity index (χ0) is 17.0. The molecular weight excluding hydrogens is 312 g/mol. The molecule has 1 aliphatic heterocycles. The molecule has 1 N–H and O–H groups in total. The van der Waals surface area contributed by atoms with Crippen molar-refractivity contribution in [2.45, 2.75) is 38.6 Å². The van der Waals surface area contributed by atoms with Gasteiger partial charge in [0, 0.05) is 41.0 Å².